The van der Waals surface area contributed by atoms with E-state index >= 15 is 0 Å². The van der Waals surface area contributed by atoms with E-state index in [1.165, 1.54) is 11.8 Å². The first-order chi connectivity index (χ1) is 19.8. The van der Waals surface area contributed by atoms with Gasteiger partial charge < -0.3 is 21.7 Å². The maximum Gasteiger partial charge on any atom is 0.272 e. The van der Waals surface area contributed by atoms with Crippen LogP contribution >= 0.6 is 23.4 Å². The van der Waals surface area contributed by atoms with Crippen molar-refractivity contribution in [1.82, 2.24) is 5.32 Å². The van der Waals surface area contributed by atoms with E-state index < -0.39 is 17.7 Å². The molecule has 0 aliphatic heterocycles. The van der Waals surface area contributed by atoms with Gasteiger partial charge in [-0.3, -0.25) is 19.2 Å². The smallest absolute Gasteiger partial charge is 0.272 e. The summed E-state index contributed by atoms with van der Waals surface area (Å²) in [7, 11) is 0. The van der Waals surface area contributed by atoms with Gasteiger partial charge in [0.2, 0.25) is 5.91 Å². The van der Waals surface area contributed by atoms with Gasteiger partial charge in [0.1, 0.15) is 5.70 Å². The standard InChI is InChI=1S/C31H25ClN4O4S/c32-22-12-10-20(11-13-22)18-27(36-30(39)21-6-2-1-3-7-21)31(40)34-23-14-16-24(17-15-23)41-19-28(37)35-26-9-5-4-8-25(26)29(33)38/h1-18H,19H2,(H2,33,38)(H,34,40)(H,35,37)(H,36,39)/b27-18-. The van der Waals surface area contributed by atoms with Crippen molar-refractivity contribution < 1.29 is 19.2 Å². The molecular formula is C31H25ClN4O4S. The van der Waals surface area contributed by atoms with E-state index in [0.717, 1.165) is 4.90 Å². The maximum atomic E-state index is 13.2. The van der Waals surface area contributed by atoms with Crippen molar-refractivity contribution in [3.63, 3.8) is 0 Å². The second-order valence-electron chi connectivity index (χ2n) is 8.65. The topological polar surface area (TPSA) is 130 Å². The van der Waals surface area contributed by atoms with Gasteiger partial charge in [0.15, 0.2) is 0 Å². The molecule has 0 aliphatic carbocycles. The number of carbonyl (C=O) groups excluding carboxylic acids is 4. The van der Waals surface area contributed by atoms with Crippen LogP contribution in [0.5, 0.6) is 0 Å². The number of primary amides is 1. The first kappa shape index (κ1) is 29.1. The Morgan fingerprint density at radius 1 is 0.780 bits per heavy atom. The molecule has 0 radical (unpaired) electrons. The minimum absolute atomic E-state index is 0.0486. The van der Waals surface area contributed by atoms with E-state index in [-0.39, 0.29) is 22.9 Å². The Morgan fingerprint density at radius 3 is 2.12 bits per heavy atom. The SMILES string of the molecule is NC(=O)c1ccccc1NC(=O)CSc1ccc(NC(=O)/C(=C/c2ccc(Cl)cc2)NC(=O)c2ccccc2)cc1. The van der Waals surface area contributed by atoms with Crippen molar-refractivity contribution >= 4 is 64.4 Å². The lowest BCUT2D eigenvalue weighted by Crippen LogP contribution is -2.30. The summed E-state index contributed by atoms with van der Waals surface area (Å²) in [4.78, 5) is 50.7. The predicted octanol–water partition coefficient (Wildman–Crippen LogP) is 5.58. The van der Waals surface area contributed by atoms with Gasteiger partial charge in [-0.2, -0.15) is 0 Å². The largest absolute Gasteiger partial charge is 0.366 e. The summed E-state index contributed by atoms with van der Waals surface area (Å²) < 4.78 is 0. The number of hydrogen-bond acceptors (Lipinski definition) is 5. The van der Waals surface area contributed by atoms with Gasteiger partial charge in [0.05, 0.1) is 17.0 Å². The van der Waals surface area contributed by atoms with Crippen LogP contribution in [0.2, 0.25) is 5.02 Å². The van der Waals surface area contributed by atoms with Crippen LogP contribution in [-0.4, -0.2) is 29.4 Å². The summed E-state index contributed by atoms with van der Waals surface area (Å²) in [5.74, 6) is -1.77. The number of carbonyl (C=O) groups is 4. The van der Waals surface area contributed by atoms with Crippen LogP contribution in [0.3, 0.4) is 0 Å². The highest BCUT2D eigenvalue weighted by Crippen LogP contribution is 2.22. The second-order valence-corrected chi connectivity index (χ2v) is 10.1. The van der Waals surface area contributed by atoms with E-state index in [4.69, 9.17) is 17.3 Å². The number of nitrogens with two attached hydrogens (primary N) is 1. The summed E-state index contributed by atoms with van der Waals surface area (Å²) in [5.41, 5.74) is 7.58. The minimum atomic E-state index is -0.628. The van der Waals surface area contributed by atoms with Gasteiger partial charge >= 0.3 is 0 Å². The van der Waals surface area contributed by atoms with Crippen LogP contribution < -0.4 is 21.7 Å². The van der Waals surface area contributed by atoms with E-state index in [2.05, 4.69) is 16.0 Å². The number of hydrogen-bond donors (Lipinski definition) is 4. The number of thioether (sulfide) groups is 1. The fourth-order valence-electron chi connectivity index (χ4n) is 3.64. The molecule has 0 atom stereocenters. The molecule has 0 saturated heterocycles. The highest BCUT2D eigenvalue weighted by atomic mass is 35.5. The van der Waals surface area contributed by atoms with E-state index in [1.807, 2.05) is 0 Å². The molecule has 5 N–H and O–H groups in total. The quantitative estimate of drug-likeness (QED) is 0.143. The molecule has 0 aliphatic rings. The third kappa shape index (κ3) is 8.56. The van der Waals surface area contributed by atoms with E-state index in [9.17, 15) is 19.2 Å². The van der Waals surface area contributed by atoms with Crippen LogP contribution in [0.25, 0.3) is 6.08 Å². The lowest BCUT2D eigenvalue weighted by atomic mass is 10.1. The molecule has 0 bridgehead atoms. The maximum absolute atomic E-state index is 13.2. The van der Waals surface area contributed by atoms with Gasteiger partial charge in [0, 0.05) is 21.2 Å². The molecule has 4 aromatic carbocycles. The Labute approximate surface area is 246 Å². The molecular weight excluding hydrogens is 560 g/mol. The molecule has 8 nitrogen and oxygen atoms in total. The van der Waals surface area contributed by atoms with Crippen molar-refractivity contribution in [1.29, 1.82) is 0 Å². The molecule has 0 spiro atoms. The van der Waals surface area contributed by atoms with Crippen LogP contribution in [0.15, 0.2) is 114 Å². The number of halogens is 1. The first-order valence-corrected chi connectivity index (χ1v) is 13.7. The number of benzene rings is 4. The molecule has 10 heteroatoms. The van der Waals surface area contributed by atoms with Crippen molar-refractivity contribution in [2.45, 2.75) is 4.90 Å². The molecule has 0 saturated carbocycles. The number of amides is 4. The van der Waals surface area contributed by atoms with Crippen molar-refractivity contribution in [2.75, 3.05) is 16.4 Å². The summed E-state index contributed by atoms with van der Waals surface area (Å²) in [6.45, 7) is 0. The first-order valence-electron chi connectivity index (χ1n) is 12.3. The molecule has 0 unspecified atom stereocenters. The summed E-state index contributed by atoms with van der Waals surface area (Å²) >= 11 is 7.26. The number of para-hydroxylation sites is 1. The lowest BCUT2D eigenvalue weighted by Gasteiger charge is -2.12. The van der Waals surface area contributed by atoms with Gasteiger partial charge in [-0.05, 0) is 72.3 Å². The minimum Gasteiger partial charge on any atom is -0.366 e. The molecule has 4 amide bonds. The van der Waals surface area contributed by atoms with Crippen molar-refractivity contribution in [3.05, 3.63) is 131 Å². The van der Waals surface area contributed by atoms with E-state index in [0.29, 0.717) is 27.5 Å². The monoisotopic (exact) mass is 584 g/mol. The third-order valence-electron chi connectivity index (χ3n) is 5.66. The molecule has 0 aromatic heterocycles. The zero-order valence-electron chi connectivity index (χ0n) is 21.6. The van der Waals surface area contributed by atoms with Crippen LogP contribution in [0, 0.1) is 0 Å². The molecule has 41 heavy (non-hydrogen) atoms. The normalized spacial score (nSPS) is 10.9. The zero-order chi connectivity index (χ0) is 29.2. The Bertz CT molecular complexity index is 1590. The van der Waals surface area contributed by atoms with Gasteiger partial charge in [-0.25, -0.2) is 0 Å². The van der Waals surface area contributed by atoms with Crippen molar-refractivity contribution in [2.24, 2.45) is 5.73 Å². The lowest BCUT2D eigenvalue weighted by molar-refractivity contribution is -0.114. The molecule has 4 rings (SSSR count). The van der Waals surface area contributed by atoms with Gasteiger partial charge in [-0.15, -0.1) is 11.8 Å². The number of anilines is 2. The van der Waals surface area contributed by atoms with Crippen LogP contribution in [-0.2, 0) is 9.59 Å². The zero-order valence-corrected chi connectivity index (χ0v) is 23.2. The summed E-state index contributed by atoms with van der Waals surface area (Å²) in [6.07, 6.45) is 1.56. The Balaban J connectivity index is 1.40. The molecule has 0 fully saturated rings. The Morgan fingerprint density at radius 2 is 1.44 bits per heavy atom. The Hall–Kier alpha value is -4.86. The summed E-state index contributed by atoms with van der Waals surface area (Å²) in [6, 6.07) is 28.9. The van der Waals surface area contributed by atoms with Gasteiger partial charge in [0.25, 0.3) is 17.7 Å². The molecule has 206 valence electrons. The fraction of sp³-hybridized carbons (Fsp3) is 0.0323. The second kappa shape index (κ2) is 14.0. The fourth-order valence-corrected chi connectivity index (χ4v) is 4.47. The van der Waals surface area contributed by atoms with Gasteiger partial charge in [-0.1, -0.05) is 54.1 Å². The number of rotatable bonds is 10. The highest BCUT2D eigenvalue weighted by Gasteiger charge is 2.16. The van der Waals surface area contributed by atoms with E-state index in [1.54, 1.807) is 109 Å². The third-order valence-corrected chi connectivity index (χ3v) is 6.92. The molecule has 4 aromatic rings. The average Bonchev–Trinajstić information content (AvgIpc) is 2.98. The number of nitrogens with one attached hydrogen (secondary N) is 3. The van der Waals surface area contributed by atoms with Crippen LogP contribution in [0.1, 0.15) is 26.3 Å². The Kier molecular flexibility index (Phi) is 9.93. The van der Waals surface area contributed by atoms with Crippen molar-refractivity contribution in [3.8, 4) is 0 Å². The summed E-state index contributed by atoms with van der Waals surface area (Å²) in [5, 5.41) is 8.73. The molecule has 0 heterocycles. The highest BCUT2D eigenvalue weighted by molar-refractivity contribution is 8.00. The average molecular weight is 585 g/mol. The van der Waals surface area contributed by atoms with Crippen LogP contribution in [0.4, 0.5) is 11.4 Å². The predicted molar refractivity (Wildman–Crippen MR) is 163 cm³/mol.